The fourth-order valence-electron chi connectivity index (χ4n) is 4.99. The highest BCUT2D eigenvalue weighted by atomic mass is 19.1. The van der Waals surface area contributed by atoms with Crippen molar-refractivity contribution in [3.8, 4) is 17.0 Å². The van der Waals surface area contributed by atoms with Gasteiger partial charge in [0.05, 0.1) is 29.8 Å². The maximum atomic E-state index is 13.7. The van der Waals surface area contributed by atoms with Crippen molar-refractivity contribution in [1.82, 2.24) is 25.0 Å². The van der Waals surface area contributed by atoms with Crippen LogP contribution in [-0.2, 0) is 6.54 Å². The fraction of sp³-hybridized carbons (Fsp3) is 0.296. The molecule has 0 atom stereocenters. The average molecular weight is 505 g/mol. The van der Waals surface area contributed by atoms with Gasteiger partial charge in [0, 0.05) is 23.7 Å². The Morgan fingerprint density at radius 2 is 2.05 bits per heavy atom. The zero-order valence-corrected chi connectivity index (χ0v) is 20.8. The maximum absolute atomic E-state index is 13.7. The molecule has 0 bridgehead atoms. The Labute approximate surface area is 213 Å². The highest BCUT2D eigenvalue weighted by molar-refractivity contribution is 6.02. The molecule has 37 heavy (non-hydrogen) atoms. The zero-order valence-electron chi connectivity index (χ0n) is 20.8. The quantitative estimate of drug-likeness (QED) is 0.330. The van der Waals surface area contributed by atoms with Crippen LogP contribution in [0.4, 0.5) is 10.2 Å². The summed E-state index contributed by atoms with van der Waals surface area (Å²) in [6.07, 6.45) is 4.39. The predicted octanol–water partition coefficient (Wildman–Crippen LogP) is 3.77. The Morgan fingerprint density at radius 1 is 1.27 bits per heavy atom. The number of aldehydes is 1. The molecule has 0 spiro atoms. The van der Waals surface area contributed by atoms with E-state index in [1.807, 2.05) is 18.2 Å². The summed E-state index contributed by atoms with van der Waals surface area (Å²) < 4.78 is 20.7. The number of hydrogen-bond acceptors (Lipinski definition) is 6. The summed E-state index contributed by atoms with van der Waals surface area (Å²) in [6.45, 7) is 2.09. The number of nitrogen functional groups attached to an aromatic ring is 1. The molecule has 0 aliphatic carbocycles. The maximum Gasteiger partial charge on any atom is 0.255 e. The number of likely N-dealkylation sites (tertiary alicyclic amines) is 1. The van der Waals surface area contributed by atoms with Crippen LogP contribution in [0.5, 0.6) is 5.75 Å². The van der Waals surface area contributed by atoms with Crippen molar-refractivity contribution in [3.63, 3.8) is 0 Å². The van der Waals surface area contributed by atoms with E-state index in [1.165, 1.54) is 19.2 Å². The van der Waals surface area contributed by atoms with Crippen LogP contribution in [0.1, 0.15) is 45.2 Å². The second kappa shape index (κ2) is 10.1. The number of nitrogens with two attached hydrogens (primary N) is 1. The largest absolute Gasteiger partial charge is 0.496 e. The van der Waals surface area contributed by atoms with E-state index in [-0.39, 0.29) is 18.2 Å². The van der Waals surface area contributed by atoms with E-state index < -0.39 is 11.7 Å². The van der Waals surface area contributed by atoms with Gasteiger partial charge in [0.15, 0.2) is 6.29 Å². The molecule has 2 aromatic carbocycles. The molecule has 1 aliphatic rings. The van der Waals surface area contributed by atoms with Crippen molar-refractivity contribution in [3.05, 3.63) is 65.1 Å². The van der Waals surface area contributed by atoms with E-state index in [4.69, 9.17) is 15.6 Å². The number of amides is 1. The number of nitrogens with zero attached hydrogens (tertiary/aromatic N) is 3. The van der Waals surface area contributed by atoms with Crippen LogP contribution < -0.4 is 15.8 Å². The van der Waals surface area contributed by atoms with Gasteiger partial charge in [0.2, 0.25) is 0 Å². The first-order valence-corrected chi connectivity index (χ1v) is 12.1. The number of carbonyl (C=O) groups is 2. The molecule has 0 unspecified atom stereocenters. The summed E-state index contributed by atoms with van der Waals surface area (Å²) in [5.74, 6) is -0.304. The Bertz CT molecular complexity index is 1470. The summed E-state index contributed by atoms with van der Waals surface area (Å²) in [5, 5.41) is 8.50. The topological polar surface area (TPSA) is 118 Å². The molecule has 0 saturated carbocycles. The number of aromatic amines is 1. The molecule has 10 heteroatoms. The summed E-state index contributed by atoms with van der Waals surface area (Å²) in [4.78, 5) is 30.3. The third-order valence-electron chi connectivity index (χ3n) is 7.05. The molecule has 1 aliphatic heterocycles. The van der Waals surface area contributed by atoms with Gasteiger partial charge in [-0.1, -0.05) is 12.1 Å². The number of halogens is 1. The van der Waals surface area contributed by atoms with Crippen molar-refractivity contribution < 1.29 is 18.7 Å². The highest BCUT2D eigenvalue weighted by Gasteiger charge is 2.26. The molecular formula is C27H29FN6O3. The molecule has 0 radical (unpaired) electrons. The lowest BCUT2D eigenvalue weighted by Crippen LogP contribution is -2.32. The minimum Gasteiger partial charge on any atom is -0.496 e. The molecule has 1 fully saturated rings. The predicted molar refractivity (Wildman–Crippen MR) is 139 cm³/mol. The molecule has 1 saturated heterocycles. The van der Waals surface area contributed by atoms with Crippen LogP contribution in [0.3, 0.4) is 0 Å². The second-order valence-electron chi connectivity index (χ2n) is 9.31. The molecule has 192 valence electrons. The Morgan fingerprint density at radius 3 is 2.78 bits per heavy atom. The number of ether oxygens (including phenoxy) is 1. The number of nitrogens with one attached hydrogen (secondary N) is 2. The van der Waals surface area contributed by atoms with Gasteiger partial charge in [-0.3, -0.25) is 9.59 Å². The lowest BCUT2D eigenvalue weighted by molar-refractivity contribution is 0.0947. The van der Waals surface area contributed by atoms with Gasteiger partial charge in [0.1, 0.15) is 23.1 Å². The van der Waals surface area contributed by atoms with Crippen LogP contribution in [0.25, 0.3) is 22.2 Å². The fourth-order valence-corrected chi connectivity index (χ4v) is 4.99. The van der Waals surface area contributed by atoms with Gasteiger partial charge < -0.3 is 25.7 Å². The van der Waals surface area contributed by atoms with Gasteiger partial charge in [-0.25, -0.2) is 9.07 Å². The van der Waals surface area contributed by atoms with Crippen LogP contribution in [-0.4, -0.2) is 59.1 Å². The van der Waals surface area contributed by atoms with Crippen LogP contribution in [0.15, 0.2) is 42.6 Å². The van der Waals surface area contributed by atoms with Gasteiger partial charge in [-0.05, 0) is 62.8 Å². The number of H-pyrrole nitrogens is 1. The van der Waals surface area contributed by atoms with Crippen molar-refractivity contribution in [2.75, 3.05) is 33.0 Å². The summed E-state index contributed by atoms with van der Waals surface area (Å²) >= 11 is 0. The Kier molecular flexibility index (Phi) is 6.66. The lowest BCUT2D eigenvalue weighted by atomic mass is 10.0. The minimum absolute atomic E-state index is 0.118. The standard InChI is InChI=1S/C27H29FN6O3/c1-33-11-8-18(9-12-33)34-26(29)22(15-35)25(32-34)19-5-3-16(24-20(19)7-10-30-24)14-31-27(36)21-13-17(28)4-6-23(21)37-2/h3-7,10,13,15,18,30H,8-9,11-12,14,29H2,1-2H3,(H,31,36). The Balaban J connectivity index is 1.45. The van der Waals surface area contributed by atoms with E-state index in [2.05, 4.69) is 22.2 Å². The zero-order chi connectivity index (χ0) is 26.1. The first-order valence-electron chi connectivity index (χ1n) is 12.1. The monoisotopic (exact) mass is 504 g/mol. The number of fused-ring (bicyclic) bond motifs is 1. The van der Waals surface area contributed by atoms with E-state index in [1.54, 1.807) is 10.9 Å². The first kappa shape index (κ1) is 24.5. The van der Waals surface area contributed by atoms with Gasteiger partial charge in [-0.15, -0.1) is 0 Å². The third kappa shape index (κ3) is 4.55. The summed E-state index contributed by atoms with van der Waals surface area (Å²) in [7, 11) is 3.52. The molecule has 5 rings (SSSR count). The van der Waals surface area contributed by atoms with E-state index in [0.717, 1.165) is 60.3 Å². The van der Waals surface area contributed by atoms with Crippen LogP contribution >= 0.6 is 0 Å². The van der Waals surface area contributed by atoms with Crippen LogP contribution in [0, 0.1) is 5.82 Å². The van der Waals surface area contributed by atoms with Gasteiger partial charge >= 0.3 is 0 Å². The third-order valence-corrected chi connectivity index (χ3v) is 7.05. The molecule has 4 aromatic rings. The SMILES string of the molecule is COc1ccc(F)cc1C(=O)NCc1ccc(-c2nn(C3CCN(C)CC3)c(N)c2C=O)c2cc[nH]c12. The van der Waals surface area contributed by atoms with Crippen molar-refractivity contribution >= 4 is 28.9 Å². The van der Waals surface area contributed by atoms with Crippen molar-refractivity contribution in [2.45, 2.75) is 25.4 Å². The average Bonchev–Trinajstić information content (AvgIpc) is 3.52. The van der Waals surface area contributed by atoms with Crippen molar-refractivity contribution in [2.24, 2.45) is 0 Å². The number of aromatic nitrogens is 3. The smallest absolute Gasteiger partial charge is 0.255 e. The summed E-state index contributed by atoms with van der Waals surface area (Å²) in [5.41, 5.74) is 9.83. The minimum atomic E-state index is -0.521. The molecular weight excluding hydrogens is 475 g/mol. The van der Waals surface area contributed by atoms with Gasteiger partial charge in [0.25, 0.3) is 5.91 Å². The number of hydrogen-bond donors (Lipinski definition) is 3. The molecule has 3 heterocycles. The number of benzene rings is 2. The van der Waals surface area contributed by atoms with Gasteiger partial charge in [-0.2, -0.15) is 5.10 Å². The number of anilines is 1. The Hall–Kier alpha value is -4.18. The van der Waals surface area contributed by atoms with E-state index in [0.29, 0.717) is 22.8 Å². The number of methoxy groups -OCH3 is 1. The molecule has 2 aromatic heterocycles. The molecule has 4 N–H and O–H groups in total. The number of rotatable bonds is 7. The highest BCUT2D eigenvalue weighted by Crippen LogP contribution is 2.36. The van der Waals surface area contributed by atoms with E-state index in [9.17, 15) is 14.0 Å². The molecule has 1 amide bonds. The number of piperidine rings is 1. The second-order valence-corrected chi connectivity index (χ2v) is 9.31. The number of carbonyl (C=O) groups excluding carboxylic acids is 2. The summed E-state index contributed by atoms with van der Waals surface area (Å²) in [6, 6.07) is 9.61. The normalized spacial score (nSPS) is 14.7. The first-order chi connectivity index (χ1) is 17.9. The lowest BCUT2D eigenvalue weighted by Gasteiger charge is -2.29. The van der Waals surface area contributed by atoms with Crippen molar-refractivity contribution in [1.29, 1.82) is 0 Å². The van der Waals surface area contributed by atoms with E-state index >= 15 is 0 Å². The molecule has 9 nitrogen and oxygen atoms in total. The van der Waals surface area contributed by atoms with Crippen LogP contribution in [0.2, 0.25) is 0 Å².